The number of hydrogen-bond donors (Lipinski definition) is 0. The SMILES string of the molecule is O=S(=O)(Cl)Cl.c1ccc(N=Nc2ccccc2-c2ccccc2)cc1. The molecule has 0 amide bonds. The van der Waals surface area contributed by atoms with Crippen molar-refractivity contribution in [2.75, 3.05) is 0 Å². The molecule has 0 N–H and O–H groups in total. The van der Waals surface area contributed by atoms with Gasteiger partial charge in [-0.15, -0.1) is 5.11 Å². The van der Waals surface area contributed by atoms with Crippen LogP contribution in [-0.2, 0) is 8.26 Å². The van der Waals surface area contributed by atoms with Gasteiger partial charge in [0.25, 0.3) is 0 Å². The van der Waals surface area contributed by atoms with E-state index in [4.69, 9.17) is 8.42 Å². The molecule has 3 aromatic rings. The summed E-state index contributed by atoms with van der Waals surface area (Å²) < 4.78 is 18.3. The summed E-state index contributed by atoms with van der Waals surface area (Å²) in [5.74, 6) is 0. The Morgan fingerprint density at radius 2 is 1.12 bits per heavy atom. The Bertz CT molecular complexity index is 924. The van der Waals surface area contributed by atoms with Crippen LogP contribution < -0.4 is 0 Å². The number of nitrogens with zero attached hydrogens (tertiary/aromatic N) is 2. The van der Waals surface area contributed by atoms with Crippen molar-refractivity contribution in [1.29, 1.82) is 0 Å². The molecule has 7 heteroatoms. The van der Waals surface area contributed by atoms with Gasteiger partial charge >= 0.3 is 8.26 Å². The van der Waals surface area contributed by atoms with Gasteiger partial charge in [-0.2, -0.15) is 13.5 Å². The molecule has 0 radical (unpaired) electrons. The van der Waals surface area contributed by atoms with Crippen molar-refractivity contribution in [2.24, 2.45) is 10.2 Å². The third-order valence-electron chi connectivity index (χ3n) is 3.02. The molecule has 25 heavy (non-hydrogen) atoms. The van der Waals surface area contributed by atoms with Crippen LogP contribution in [0.5, 0.6) is 0 Å². The largest absolute Gasteiger partial charge is 0.317 e. The molecule has 0 unspecified atom stereocenters. The molecular formula is C18H14Cl2N2O2S. The van der Waals surface area contributed by atoms with E-state index >= 15 is 0 Å². The highest BCUT2D eigenvalue weighted by Gasteiger charge is 2.02. The maximum absolute atomic E-state index is 9.16. The monoisotopic (exact) mass is 392 g/mol. The highest BCUT2D eigenvalue weighted by molar-refractivity contribution is 8.31. The van der Waals surface area contributed by atoms with Crippen molar-refractivity contribution in [3.05, 3.63) is 84.9 Å². The van der Waals surface area contributed by atoms with E-state index in [1.54, 1.807) is 0 Å². The third-order valence-corrected chi connectivity index (χ3v) is 3.02. The molecule has 0 bridgehead atoms. The Kier molecular flexibility index (Phi) is 7.13. The van der Waals surface area contributed by atoms with Gasteiger partial charge in [0.1, 0.15) is 0 Å². The second-order valence-corrected chi connectivity index (χ2v) is 8.47. The van der Waals surface area contributed by atoms with Crippen molar-refractivity contribution in [3.63, 3.8) is 0 Å². The van der Waals surface area contributed by atoms with Crippen LogP contribution in [0.15, 0.2) is 95.2 Å². The highest BCUT2D eigenvalue weighted by Crippen LogP contribution is 2.30. The minimum atomic E-state index is -3.72. The Labute approximate surface area is 155 Å². The van der Waals surface area contributed by atoms with Gasteiger partial charge in [0.2, 0.25) is 0 Å². The Morgan fingerprint density at radius 1 is 0.640 bits per heavy atom. The summed E-state index contributed by atoms with van der Waals surface area (Å²) in [6.07, 6.45) is 0. The number of benzene rings is 3. The zero-order chi connectivity index (χ0) is 18.1. The summed E-state index contributed by atoms with van der Waals surface area (Å²) >= 11 is 0. The van der Waals surface area contributed by atoms with Crippen molar-refractivity contribution >= 4 is 41.0 Å². The average molecular weight is 393 g/mol. The number of halogens is 2. The zero-order valence-electron chi connectivity index (χ0n) is 13.0. The van der Waals surface area contributed by atoms with E-state index in [1.165, 1.54) is 0 Å². The first kappa shape index (κ1) is 19.1. The molecule has 3 rings (SSSR count). The Balaban J connectivity index is 0.000000399. The van der Waals surface area contributed by atoms with Crippen LogP contribution in [0.4, 0.5) is 11.4 Å². The molecule has 4 nitrogen and oxygen atoms in total. The second kappa shape index (κ2) is 9.32. The Morgan fingerprint density at radius 3 is 1.72 bits per heavy atom. The summed E-state index contributed by atoms with van der Waals surface area (Å²) in [4.78, 5) is 0. The average Bonchev–Trinajstić information content (AvgIpc) is 2.60. The van der Waals surface area contributed by atoms with Crippen LogP contribution in [0.25, 0.3) is 11.1 Å². The van der Waals surface area contributed by atoms with Gasteiger partial charge in [-0.3, -0.25) is 0 Å². The van der Waals surface area contributed by atoms with Gasteiger partial charge in [0.05, 0.1) is 11.4 Å². The molecule has 128 valence electrons. The van der Waals surface area contributed by atoms with Gasteiger partial charge in [0, 0.05) is 26.9 Å². The van der Waals surface area contributed by atoms with Crippen LogP contribution >= 0.6 is 21.4 Å². The maximum atomic E-state index is 9.16. The molecule has 0 aliphatic heterocycles. The number of rotatable bonds is 3. The first-order valence-corrected chi connectivity index (χ1v) is 10.3. The lowest BCUT2D eigenvalue weighted by Gasteiger charge is -2.04. The minimum absolute atomic E-state index is 0.857. The molecule has 0 spiro atoms. The van der Waals surface area contributed by atoms with Crippen molar-refractivity contribution in [1.82, 2.24) is 0 Å². The van der Waals surface area contributed by atoms with E-state index in [2.05, 4.69) is 49.8 Å². The van der Waals surface area contributed by atoms with Gasteiger partial charge < -0.3 is 0 Å². The molecular weight excluding hydrogens is 379 g/mol. The van der Waals surface area contributed by atoms with Crippen LogP contribution in [0.3, 0.4) is 0 Å². The molecule has 0 aliphatic rings. The lowest BCUT2D eigenvalue weighted by Crippen LogP contribution is -1.77. The van der Waals surface area contributed by atoms with Crippen LogP contribution in [0, 0.1) is 0 Å². The second-order valence-electron chi connectivity index (χ2n) is 4.80. The molecule has 0 heterocycles. The molecule has 0 atom stereocenters. The Hall–Kier alpha value is -2.21. The normalized spacial score (nSPS) is 11.0. The van der Waals surface area contributed by atoms with Gasteiger partial charge in [-0.25, -0.2) is 0 Å². The quantitative estimate of drug-likeness (QED) is 0.378. The third kappa shape index (κ3) is 7.47. The van der Waals surface area contributed by atoms with Crippen LogP contribution in [0.1, 0.15) is 0 Å². The zero-order valence-corrected chi connectivity index (χ0v) is 15.3. The predicted molar refractivity (Wildman–Crippen MR) is 103 cm³/mol. The standard InChI is InChI=1S/C18H14N2.Cl2O2S/c1-3-9-15(10-4-1)17-13-7-8-14-18(17)20-19-16-11-5-2-6-12-16;1-5(2,3)4/h1-14H;. The molecule has 0 fully saturated rings. The minimum Gasteiger partial charge on any atom is -0.195 e. The van der Waals surface area contributed by atoms with Crippen molar-refractivity contribution in [3.8, 4) is 11.1 Å². The van der Waals surface area contributed by atoms with Crippen molar-refractivity contribution < 1.29 is 8.42 Å². The first-order chi connectivity index (χ1) is 11.9. The predicted octanol–water partition coefficient (Wildman–Crippen LogP) is 6.48. The maximum Gasteiger partial charge on any atom is 0.317 e. The molecule has 3 aromatic carbocycles. The van der Waals surface area contributed by atoms with Crippen molar-refractivity contribution in [2.45, 2.75) is 0 Å². The fourth-order valence-electron chi connectivity index (χ4n) is 2.03. The summed E-state index contributed by atoms with van der Waals surface area (Å²) in [6.45, 7) is 0. The lowest BCUT2D eigenvalue weighted by atomic mass is 10.0. The van der Waals surface area contributed by atoms with E-state index in [9.17, 15) is 0 Å². The molecule has 0 saturated carbocycles. The summed E-state index contributed by atoms with van der Waals surface area (Å²) in [5.41, 5.74) is 3.97. The van der Waals surface area contributed by atoms with E-state index in [1.807, 2.05) is 66.7 Å². The smallest absolute Gasteiger partial charge is 0.195 e. The fraction of sp³-hybridized carbons (Fsp3) is 0. The molecule has 0 aromatic heterocycles. The molecule has 0 saturated heterocycles. The fourth-order valence-corrected chi connectivity index (χ4v) is 2.03. The van der Waals surface area contributed by atoms with Gasteiger partial charge in [0.15, 0.2) is 0 Å². The van der Waals surface area contributed by atoms with E-state index in [0.29, 0.717) is 0 Å². The van der Waals surface area contributed by atoms with Gasteiger partial charge in [-0.05, 0) is 23.8 Å². The molecule has 0 aliphatic carbocycles. The summed E-state index contributed by atoms with van der Waals surface area (Å²) in [7, 11) is 4.81. The topological polar surface area (TPSA) is 58.9 Å². The van der Waals surface area contributed by atoms with E-state index in [-0.39, 0.29) is 0 Å². The van der Waals surface area contributed by atoms with E-state index < -0.39 is 8.26 Å². The lowest BCUT2D eigenvalue weighted by molar-refractivity contribution is 0.621. The van der Waals surface area contributed by atoms with Crippen LogP contribution in [-0.4, -0.2) is 8.42 Å². The first-order valence-electron chi connectivity index (χ1n) is 7.19. The van der Waals surface area contributed by atoms with E-state index in [0.717, 1.165) is 22.5 Å². The summed E-state index contributed by atoms with van der Waals surface area (Å²) in [5, 5.41) is 8.67. The van der Waals surface area contributed by atoms with Gasteiger partial charge in [-0.1, -0.05) is 66.7 Å². The summed E-state index contributed by atoms with van der Waals surface area (Å²) in [6, 6.07) is 28.0. The number of azo groups is 1. The highest BCUT2D eigenvalue weighted by atomic mass is 36.0. The number of hydrogen-bond acceptors (Lipinski definition) is 4. The van der Waals surface area contributed by atoms with Crippen LogP contribution in [0.2, 0.25) is 0 Å².